The molecule has 0 radical (unpaired) electrons. The number of alkyl halides is 2. The van der Waals surface area contributed by atoms with Crippen molar-refractivity contribution in [2.75, 3.05) is 6.54 Å². The van der Waals surface area contributed by atoms with Crippen LogP contribution in [0.5, 0.6) is 0 Å². The van der Waals surface area contributed by atoms with Crippen LogP contribution in [0.1, 0.15) is 42.1 Å². The number of amides is 4. The lowest BCUT2D eigenvalue weighted by atomic mass is 9.92. The molecule has 6 nitrogen and oxygen atoms in total. The average molecular weight is 427 g/mol. The molecule has 162 valence electrons. The predicted molar refractivity (Wildman–Crippen MR) is 111 cm³/mol. The number of halogens is 2. The summed E-state index contributed by atoms with van der Waals surface area (Å²) >= 11 is 0. The molecule has 2 aromatic rings. The fourth-order valence-corrected chi connectivity index (χ4v) is 3.98. The highest BCUT2D eigenvalue weighted by Gasteiger charge is 2.56. The molecule has 8 heteroatoms. The molecule has 31 heavy (non-hydrogen) atoms. The van der Waals surface area contributed by atoms with Crippen LogP contribution in [0.25, 0.3) is 11.1 Å². The number of rotatable bonds is 7. The maximum absolute atomic E-state index is 13.9. The van der Waals surface area contributed by atoms with E-state index in [0.717, 1.165) is 12.8 Å². The Morgan fingerprint density at radius 3 is 2.39 bits per heavy atom. The molecule has 1 heterocycles. The fraction of sp³-hybridized carbons (Fsp3) is 0.348. The van der Waals surface area contributed by atoms with Gasteiger partial charge in [0.1, 0.15) is 5.54 Å². The average Bonchev–Trinajstić information content (AvgIpc) is 3.58. The number of urea groups is 1. The van der Waals surface area contributed by atoms with Gasteiger partial charge >= 0.3 is 6.03 Å². The van der Waals surface area contributed by atoms with Crippen LogP contribution < -0.4 is 16.0 Å². The van der Waals surface area contributed by atoms with Crippen molar-refractivity contribution < 1.29 is 23.2 Å². The van der Waals surface area contributed by atoms with Crippen LogP contribution >= 0.6 is 0 Å². The van der Waals surface area contributed by atoms with Gasteiger partial charge in [0.25, 0.3) is 17.7 Å². The van der Waals surface area contributed by atoms with Gasteiger partial charge in [-0.3, -0.25) is 14.9 Å². The molecule has 4 rings (SSSR count). The SMILES string of the molecule is CCC(F)(F)c1ccc(-c2ccccc2C(=O)NC[C@@]2(C3CC3)NC(=O)NC2=O)cc1. The first-order valence-corrected chi connectivity index (χ1v) is 10.3. The normalized spacial score (nSPS) is 20.9. The standard InChI is InChI=1S/C23H23F2N3O3/c1-2-23(24,25)16-9-7-14(8-10-16)17-5-3-4-6-18(17)19(29)26-13-22(15-11-12-15)20(30)27-21(31)28-22/h3-10,15H,2,11-13H2,1H3,(H,26,29)(H2,27,28,30,31)/t22-/m0/s1. The Kier molecular flexibility index (Phi) is 5.24. The Labute approximate surface area is 178 Å². The van der Waals surface area contributed by atoms with Gasteiger partial charge < -0.3 is 10.6 Å². The smallest absolute Gasteiger partial charge is 0.322 e. The number of benzene rings is 2. The van der Waals surface area contributed by atoms with Gasteiger partial charge in [-0.15, -0.1) is 0 Å². The molecule has 3 N–H and O–H groups in total. The highest BCUT2D eigenvalue weighted by atomic mass is 19.3. The van der Waals surface area contributed by atoms with E-state index in [0.29, 0.717) is 16.7 Å². The van der Waals surface area contributed by atoms with Crippen LogP contribution in [0.2, 0.25) is 0 Å². The third-order valence-corrected chi connectivity index (χ3v) is 6.00. The molecule has 0 spiro atoms. The van der Waals surface area contributed by atoms with Gasteiger partial charge in [0.15, 0.2) is 0 Å². The molecular formula is C23H23F2N3O3. The van der Waals surface area contributed by atoms with E-state index in [1.807, 2.05) is 0 Å². The van der Waals surface area contributed by atoms with E-state index in [9.17, 15) is 23.2 Å². The van der Waals surface area contributed by atoms with Crippen LogP contribution in [0.3, 0.4) is 0 Å². The molecule has 4 amide bonds. The molecule has 1 aliphatic heterocycles. The van der Waals surface area contributed by atoms with E-state index in [1.165, 1.54) is 19.1 Å². The number of imide groups is 1. The summed E-state index contributed by atoms with van der Waals surface area (Å²) in [7, 11) is 0. The minimum absolute atomic E-state index is 0.0118. The zero-order chi connectivity index (χ0) is 22.2. The second-order valence-electron chi connectivity index (χ2n) is 8.02. The summed E-state index contributed by atoms with van der Waals surface area (Å²) < 4.78 is 27.8. The minimum Gasteiger partial charge on any atom is -0.349 e. The molecule has 0 aromatic heterocycles. The molecule has 2 aromatic carbocycles. The molecule has 2 fully saturated rings. The number of carbonyl (C=O) groups is 3. The van der Waals surface area contributed by atoms with Crippen molar-refractivity contribution in [2.45, 2.75) is 37.6 Å². The largest absolute Gasteiger partial charge is 0.349 e. The Balaban J connectivity index is 1.55. The molecule has 1 saturated carbocycles. The summed E-state index contributed by atoms with van der Waals surface area (Å²) in [5.74, 6) is -3.76. The van der Waals surface area contributed by atoms with Crippen LogP contribution in [0.4, 0.5) is 13.6 Å². The van der Waals surface area contributed by atoms with Gasteiger partial charge in [-0.1, -0.05) is 49.4 Å². The van der Waals surface area contributed by atoms with E-state index in [-0.39, 0.29) is 24.4 Å². The van der Waals surface area contributed by atoms with E-state index in [2.05, 4.69) is 16.0 Å². The van der Waals surface area contributed by atoms with E-state index in [1.54, 1.807) is 36.4 Å². The predicted octanol–water partition coefficient (Wildman–Crippen LogP) is 3.57. The summed E-state index contributed by atoms with van der Waals surface area (Å²) in [5.41, 5.74) is 0.370. The Morgan fingerprint density at radius 1 is 1.13 bits per heavy atom. The van der Waals surface area contributed by atoms with Crippen molar-refractivity contribution >= 4 is 17.8 Å². The van der Waals surface area contributed by atoms with Gasteiger partial charge in [0, 0.05) is 17.5 Å². The van der Waals surface area contributed by atoms with Crippen LogP contribution in [0.15, 0.2) is 48.5 Å². The zero-order valence-electron chi connectivity index (χ0n) is 17.0. The van der Waals surface area contributed by atoms with Crippen molar-refractivity contribution in [3.8, 4) is 11.1 Å². The highest BCUT2D eigenvalue weighted by molar-refractivity contribution is 6.08. The first-order chi connectivity index (χ1) is 14.8. The van der Waals surface area contributed by atoms with Crippen LogP contribution in [-0.2, 0) is 10.7 Å². The number of hydrogen-bond acceptors (Lipinski definition) is 3. The lowest BCUT2D eigenvalue weighted by Gasteiger charge is -2.26. The lowest BCUT2D eigenvalue weighted by Crippen LogP contribution is -2.57. The van der Waals surface area contributed by atoms with Crippen LogP contribution in [-0.4, -0.2) is 29.9 Å². The molecule has 1 saturated heterocycles. The monoisotopic (exact) mass is 427 g/mol. The molecular weight excluding hydrogens is 404 g/mol. The fourth-order valence-electron chi connectivity index (χ4n) is 3.98. The van der Waals surface area contributed by atoms with Gasteiger partial charge in [0.2, 0.25) is 0 Å². The van der Waals surface area contributed by atoms with Gasteiger partial charge in [-0.05, 0) is 36.0 Å². The Bertz CT molecular complexity index is 1030. The maximum atomic E-state index is 13.9. The van der Waals surface area contributed by atoms with E-state index in [4.69, 9.17) is 0 Å². The molecule has 2 aliphatic rings. The summed E-state index contributed by atoms with van der Waals surface area (Å²) in [5, 5.41) is 7.70. The van der Waals surface area contributed by atoms with E-state index >= 15 is 0 Å². The van der Waals surface area contributed by atoms with Crippen molar-refractivity contribution in [3.63, 3.8) is 0 Å². The van der Waals surface area contributed by atoms with Crippen molar-refractivity contribution in [1.29, 1.82) is 0 Å². The van der Waals surface area contributed by atoms with Crippen LogP contribution in [0, 0.1) is 5.92 Å². The second kappa shape index (κ2) is 7.76. The van der Waals surface area contributed by atoms with Crippen molar-refractivity contribution in [1.82, 2.24) is 16.0 Å². The highest BCUT2D eigenvalue weighted by Crippen LogP contribution is 2.41. The van der Waals surface area contributed by atoms with Gasteiger partial charge in [-0.2, -0.15) is 0 Å². The number of hydrogen-bond donors (Lipinski definition) is 3. The summed E-state index contributed by atoms with van der Waals surface area (Å²) in [6.45, 7) is 1.40. The maximum Gasteiger partial charge on any atom is 0.322 e. The molecule has 1 aliphatic carbocycles. The minimum atomic E-state index is -2.90. The summed E-state index contributed by atoms with van der Waals surface area (Å²) in [6, 6.07) is 12.2. The first kappa shape index (κ1) is 21.0. The first-order valence-electron chi connectivity index (χ1n) is 10.3. The molecule has 0 bridgehead atoms. The molecule has 1 atom stereocenters. The lowest BCUT2D eigenvalue weighted by molar-refractivity contribution is -0.124. The summed E-state index contributed by atoms with van der Waals surface area (Å²) in [6.07, 6.45) is 1.31. The van der Waals surface area contributed by atoms with Gasteiger partial charge in [-0.25, -0.2) is 13.6 Å². The Morgan fingerprint density at radius 2 is 1.81 bits per heavy atom. The van der Waals surface area contributed by atoms with Crippen molar-refractivity contribution in [2.24, 2.45) is 5.92 Å². The number of carbonyl (C=O) groups excluding carboxylic acids is 3. The van der Waals surface area contributed by atoms with Gasteiger partial charge in [0.05, 0.1) is 6.54 Å². The second-order valence-corrected chi connectivity index (χ2v) is 8.02. The zero-order valence-corrected chi connectivity index (χ0v) is 17.0. The van der Waals surface area contributed by atoms with E-state index < -0.39 is 29.3 Å². The third-order valence-electron chi connectivity index (χ3n) is 6.00. The topological polar surface area (TPSA) is 87.3 Å². The third kappa shape index (κ3) is 3.89. The molecule has 0 unspecified atom stereocenters. The number of nitrogens with one attached hydrogen (secondary N) is 3. The quantitative estimate of drug-likeness (QED) is 0.591. The summed E-state index contributed by atoms with van der Waals surface area (Å²) in [4.78, 5) is 37.0. The Hall–Kier alpha value is -3.29. The van der Waals surface area contributed by atoms with Crippen molar-refractivity contribution in [3.05, 3.63) is 59.7 Å².